The predicted molar refractivity (Wildman–Crippen MR) is 136 cm³/mol. The number of rotatable bonds is 7. The van der Waals surface area contributed by atoms with E-state index in [1.165, 1.54) is 12.7 Å². The van der Waals surface area contributed by atoms with Crippen molar-refractivity contribution >= 4 is 17.6 Å². The first-order valence-corrected chi connectivity index (χ1v) is 11.8. The van der Waals surface area contributed by atoms with Crippen LogP contribution < -0.4 is 15.1 Å². The van der Waals surface area contributed by atoms with Gasteiger partial charge in [0, 0.05) is 65.0 Å². The number of halogens is 3. The van der Waals surface area contributed by atoms with Crippen molar-refractivity contribution in [1.29, 1.82) is 0 Å². The zero-order valence-corrected chi connectivity index (χ0v) is 20.7. The Hall–Kier alpha value is -3.53. The standard InChI is InChI=1S/C26H31F3N6O/c1-33(2)24-17-23(30-21-9-10-22(36-3)16-20(15-21)26(27,28)29)31-25(32-24)35-13-11-34(12-14-35)18-19-7-5-4-6-8-19/h4-9,15-17H,10-14,18H2,1-3H3,(H,30,31,32). The molecule has 1 aliphatic heterocycles. The number of alkyl halides is 3. The highest BCUT2D eigenvalue weighted by Gasteiger charge is 2.33. The fraction of sp³-hybridized carbons (Fsp3) is 0.385. The number of allylic oxidation sites excluding steroid dienone is 4. The Morgan fingerprint density at radius 3 is 2.39 bits per heavy atom. The molecule has 4 rings (SSSR count). The molecule has 2 aromatic rings. The van der Waals surface area contributed by atoms with Crippen LogP contribution in [0.4, 0.5) is 30.8 Å². The van der Waals surface area contributed by atoms with Gasteiger partial charge >= 0.3 is 6.18 Å². The van der Waals surface area contributed by atoms with E-state index in [9.17, 15) is 13.2 Å². The number of benzene rings is 1. The van der Waals surface area contributed by atoms with Gasteiger partial charge < -0.3 is 19.9 Å². The SMILES string of the molecule is COC1=CC(C(F)(F)F)=CC(Nc2cc(N(C)C)nc(N3CCN(Cc4ccccc4)CC3)n2)=CC1. The molecule has 1 fully saturated rings. The zero-order chi connectivity index (χ0) is 25.7. The van der Waals surface area contributed by atoms with Crippen LogP contribution in [0.5, 0.6) is 0 Å². The molecule has 10 heteroatoms. The molecular weight excluding hydrogens is 469 g/mol. The number of nitrogens with zero attached hydrogens (tertiary/aromatic N) is 5. The van der Waals surface area contributed by atoms with E-state index in [2.05, 4.69) is 32.2 Å². The van der Waals surface area contributed by atoms with Crippen LogP contribution in [-0.2, 0) is 11.3 Å². The highest BCUT2D eigenvalue weighted by Crippen LogP contribution is 2.32. The minimum atomic E-state index is -4.50. The van der Waals surface area contributed by atoms with E-state index in [0.29, 0.717) is 23.3 Å². The first kappa shape index (κ1) is 25.6. The predicted octanol–water partition coefficient (Wildman–Crippen LogP) is 4.58. The maximum absolute atomic E-state index is 13.5. The van der Waals surface area contributed by atoms with Crippen molar-refractivity contribution in [2.45, 2.75) is 19.1 Å². The Balaban J connectivity index is 1.51. The van der Waals surface area contributed by atoms with Gasteiger partial charge in [0.1, 0.15) is 11.6 Å². The van der Waals surface area contributed by atoms with Crippen LogP contribution in [0.2, 0.25) is 0 Å². The van der Waals surface area contributed by atoms with Gasteiger partial charge in [-0.25, -0.2) is 0 Å². The van der Waals surface area contributed by atoms with E-state index in [0.717, 1.165) is 44.9 Å². The van der Waals surface area contributed by atoms with Gasteiger partial charge in [-0.1, -0.05) is 36.4 Å². The molecule has 1 N–H and O–H groups in total. The summed E-state index contributed by atoms with van der Waals surface area (Å²) in [4.78, 5) is 15.7. The lowest BCUT2D eigenvalue weighted by atomic mass is 10.2. The molecule has 2 heterocycles. The van der Waals surface area contributed by atoms with Crippen molar-refractivity contribution in [2.75, 3.05) is 62.5 Å². The van der Waals surface area contributed by atoms with Gasteiger partial charge in [-0.05, 0) is 17.7 Å². The summed E-state index contributed by atoms with van der Waals surface area (Å²) in [6.07, 6.45) is -0.507. The molecule has 0 atom stereocenters. The van der Waals surface area contributed by atoms with Gasteiger partial charge in [-0.15, -0.1) is 0 Å². The van der Waals surface area contributed by atoms with Crippen LogP contribution in [0.15, 0.2) is 71.7 Å². The van der Waals surface area contributed by atoms with E-state index in [1.54, 1.807) is 12.1 Å². The summed E-state index contributed by atoms with van der Waals surface area (Å²) in [6, 6.07) is 12.1. The van der Waals surface area contributed by atoms with Crippen molar-refractivity contribution in [2.24, 2.45) is 0 Å². The van der Waals surface area contributed by atoms with E-state index >= 15 is 0 Å². The third kappa shape index (κ3) is 6.57. The molecule has 7 nitrogen and oxygen atoms in total. The molecule has 1 aromatic heterocycles. The summed E-state index contributed by atoms with van der Waals surface area (Å²) >= 11 is 0. The van der Waals surface area contributed by atoms with E-state index in [4.69, 9.17) is 9.72 Å². The maximum Gasteiger partial charge on any atom is 0.416 e. The van der Waals surface area contributed by atoms with E-state index < -0.39 is 11.7 Å². The van der Waals surface area contributed by atoms with E-state index in [-0.39, 0.29) is 12.2 Å². The summed E-state index contributed by atoms with van der Waals surface area (Å²) in [5.41, 5.74) is 0.789. The third-order valence-electron chi connectivity index (χ3n) is 6.08. The molecule has 36 heavy (non-hydrogen) atoms. The smallest absolute Gasteiger partial charge is 0.416 e. The molecule has 0 spiro atoms. The molecule has 0 radical (unpaired) electrons. The monoisotopic (exact) mass is 500 g/mol. The summed E-state index contributed by atoms with van der Waals surface area (Å²) in [5.74, 6) is 1.88. The quantitative estimate of drug-likeness (QED) is 0.597. The minimum Gasteiger partial charge on any atom is -0.501 e. The summed E-state index contributed by atoms with van der Waals surface area (Å²) in [5, 5.41) is 3.06. The molecule has 0 bridgehead atoms. The van der Waals surface area contributed by atoms with Gasteiger partial charge in [0.05, 0.1) is 18.4 Å². The second-order valence-electron chi connectivity index (χ2n) is 8.96. The van der Waals surface area contributed by atoms with Crippen molar-refractivity contribution in [3.8, 4) is 0 Å². The average Bonchev–Trinajstić information content (AvgIpc) is 3.07. The maximum atomic E-state index is 13.5. The van der Waals surface area contributed by atoms with Gasteiger partial charge in [0.15, 0.2) is 0 Å². The first-order chi connectivity index (χ1) is 17.2. The lowest BCUT2D eigenvalue weighted by Gasteiger charge is -2.35. The average molecular weight is 501 g/mol. The molecule has 1 aromatic carbocycles. The van der Waals surface area contributed by atoms with Gasteiger partial charge in [-0.2, -0.15) is 23.1 Å². The number of aromatic nitrogens is 2. The number of anilines is 3. The van der Waals surface area contributed by atoms with Gasteiger partial charge in [-0.3, -0.25) is 4.90 Å². The molecule has 0 unspecified atom stereocenters. The summed E-state index contributed by atoms with van der Waals surface area (Å²) in [7, 11) is 5.11. The topological polar surface area (TPSA) is 56.8 Å². The molecule has 1 aliphatic carbocycles. The Bertz CT molecular complexity index is 1140. The number of ether oxygens (including phenoxy) is 1. The van der Waals surface area contributed by atoms with Crippen molar-refractivity contribution in [3.05, 3.63) is 77.2 Å². The fourth-order valence-corrected chi connectivity index (χ4v) is 4.06. The van der Waals surface area contributed by atoms with Crippen LogP contribution in [0.25, 0.3) is 0 Å². The molecular formula is C26H31F3N6O. The highest BCUT2D eigenvalue weighted by atomic mass is 19.4. The number of methoxy groups -OCH3 is 1. The third-order valence-corrected chi connectivity index (χ3v) is 6.08. The number of piperazine rings is 1. The van der Waals surface area contributed by atoms with Gasteiger partial charge in [0.2, 0.25) is 5.95 Å². The molecule has 0 amide bonds. The molecule has 192 valence electrons. The fourth-order valence-electron chi connectivity index (χ4n) is 4.06. The van der Waals surface area contributed by atoms with Crippen LogP contribution in [0, 0.1) is 0 Å². The lowest BCUT2D eigenvalue weighted by molar-refractivity contribution is -0.0884. The highest BCUT2D eigenvalue weighted by molar-refractivity contribution is 5.58. The Labute approximate surface area is 209 Å². The molecule has 0 saturated carbocycles. The van der Waals surface area contributed by atoms with E-state index in [1.807, 2.05) is 37.2 Å². The van der Waals surface area contributed by atoms with Crippen molar-refractivity contribution in [3.63, 3.8) is 0 Å². The number of hydrogen-bond donors (Lipinski definition) is 1. The van der Waals surface area contributed by atoms with Crippen molar-refractivity contribution in [1.82, 2.24) is 14.9 Å². The van der Waals surface area contributed by atoms with Crippen LogP contribution in [0.1, 0.15) is 12.0 Å². The second kappa shape index (κ2) is 11.0. The number of hydrogen-bond acceptors (Lipinski definition) is 7. The first-order valence-electron chi connectivity index (χ1n) is 11.8. The Morgan fingerprint density at radius 2 is 1.75 bits per heavy atom. The molecule has 1 saturated heterocycles. The van der Waals surface area contributed by atoms with Crippen LogP contribution in [-0.4, -0.2) is 68.4 Å². The molecule has 2 aliphatic rings. The largest absolute Gasteiger partial charge is 0.501 e. The Morgan fingerprint density at radius 1 is 1.03 bits per heavy atom. The van der Waals surface area contributed by atoms with Gasteiger partial charge in [0.25, 0.3) is 0 Å². The summed E-state index contributed by atoms with van der Waals surface area (Å²) < 4.78 is 45.7. The zero-order valence-electron chi connectivity index (χ0n) is 20.7. The lowest BCUT2D eigenvalue weighted by Crippen LogP contribution is -2.46. The normalized spacial score (nSPS) is 17.1. The second-order valence-corrected chi connectivity index (χ2v) is 8.96. The number of nitrogens with one attached hydrogen (secondary N) is 1. The van der Waals surface area contributed by atoms with Crippen molar-refractivity contribution < 1.29 is 17.9 Å². The van der Waals surface area contributed by atoms with Crippen LogP contribution in [0.3, 0.4) is 0 Å². The Kier molecular flexibility index (Phi) is 7.83. The van der Waals surface area contributed by atoms with Crippen LogP contribution >= 0.6 is 0 Å². The minimum absolute atomic E-state index is 0.233. The summed E-state index contributed by atoms with van der Waals surface area (Å²) in [6.45, 7) is 4.12.